The summed E-state index contributed by atoms with van der Waals surface area (Å²) in [5.74, 6) is 0.610. The SMILES string of the molecule is CCN1CCCC2(CCN(C(=O)C3CCOC3)CC2)C1=O. The summed E-state index contributed by atoms with van der Waals surface area (Å²) < 4.78 is 5.32. The standard InChI is InChI=1S/C16H26N2O3/c1-2-17-8-3-5-16(15(17)20)6-9-18(10-7-16)14(19)13-4-11-21-12-13/h13H,2-12H2,1H3. The maximum absolute atomic E-state index is 12.7. The number of rotatable bonds is 2. The van der Waals surface area contributed by atoms with Crippen LogP contribution in [0.4, 0.5) is 0 Å². The van der Waals surface area contributed by atoms with Gasteiger partial charge in [-0.15, -0.1) is 0 Å². The highest BCUT2D eigenvalue weighted by atomic mass is 16.5. The molecule has 3 aliphatic heterocycles. The van der Waals surface area contributed by atoms with Crippen molar-refractivity contribution >= 4 is 11.8 Å². The minimum atomic E-state index is -0.183. The van der Waals surface area contributed by atoms with E-state index in [1.165, 1.54) is 0 Å². The number of carbonyl (C=O) groups excluding carboxylic acids is 2. The Morgan fingerprint density at radius 3 is 2.67 bits per heavy atom. The molecule has 1 atom stereocenters. The van der Waals surface area contributed by atoms with Gasteiger partial charge in [0.1, 0.15) is 0 Å². The lowest BCUT2D eigenvalue weighted by atomic mass is 9.71. The Bertz CT molecular complexity index is 410. The average molecular weight is 294 g/mol. The van der Waals surface area contributed by atoms with E-state index in [1.807, 2.05) is 9.80 Å². The molecule has 5 nitrogen and oxygen atoms in total. The third kappa shape index (κ3) is 2.68. The highest BCUT2D eigenvalue weighted by Gasteiger charge is 2.46. The van der Waals surface area contributed by atoms with E-state index >= 15 is 0 Å². The van der Waals surface area contributed by atoms with Crippen molar-refractivity contribution in [3.8, 4) is 0 Å². The van der Waals surface area contributed by atoms with Gasteiger partial charge in [-0.05, 0) is 39.0 Å². The smallest absolute Gasteiger partial charge is 0.228 e. The van der Waals surface area contributed by atoms with Gasteiger partial charge in [-0.2, -0.15) is 0 Å². The van der Waals surface area contributed by atoms with Gasteiger partial charge >= 0.3 is 0 Å². The highest BCUT2D eigenvalue weighted by Crippen LogP contribution is 2.41. The molecule has 3 saturated heterocycles. The Labute approximate surface area is 126 Å². The number of ether oxygens (including phenoxy) is 1. The summed E-state index contributed by atoms with van der Waals surface area (Å²) in [6.45, 7) is 6.51. The topological polar surface area (TPSA) is 49.9 Å². The molecule has 3 aliphatic rings. The molecule has 0 radical (unpaired) electrons. The van der Waals surface area contributed by atoms with E-state index in [2.05, 4.69) is 6.92 Å². The molecule has 118 valence electrons. The second kappa shape index (κ2) is 5.95. The molecular weight excluding hydrogens is 268 g/mol. The zero-order valence-electron chi connectivity index (χ0n) is 13.0. The van der Waals surface area contributed by atoms with Crippen molar-refractivity contribution in [3.63, 3.8) is 0 Å². The first-order valence-corrected chi connectivity index (χ1v) is 8.32. The van der Waals surface area contributed by atoms with Crippen LogP contribution in [0.5, 0.6) is 0 Å². The van der Waals surface area contributed by atoms with E-state index < -0.39 is 0 Å². The van der Waals surface area contributed by atoms with Gasteiger partial charge in [-0.3, -0.25) is 9.59 Å². The fourth-order valence-corrected chi connectivity index (χ4v) is 4.06. The maximum Gasteiger partial charge on any atom is 0.228 e. The van der Waals surface area contributed by atoms with Gasteiger partial charge in [0.25, 0.3) is 0 Å². The number of hydrogen-bond acceptors (Lipinski definition) is 3. The number of likely N-dealkylation sites (tertiary alicyclic amines) is 2. The van der Waals surface area contributed by atoms with Crippen molar-refractivity contribution in [2.45, 2.75) is 39.0 Å². The minimum absolute atomic E-state index is 0.0493. The van der Waals surface area contributed by atoms with Crippen molar-refractivity contribution in [2.75, 3.05) is 39.4 Å². The monoisotopic (exact) mass is 294 g/mol. The molecule has 0 aromatic rings. The van der Waals surface area contributed by atoms with Crippen LogP contribution in [0.1, 0.15) is 39.0 Å². The summed E-state index contributed by atoms with van der Waals surface area (Å²) in [6, 6.07) is 0. The minimum Gasteiger partial charge on any atom is -0.381 e. The number of nitrogens with zero attached hydrogens (tertiary/aromatic N) is 2. The summed E-state index contributed by atoms with van der Waals surface area (Å²) in [5.41, 5.74) is -0.183. The molecule has 1 unspecified atom stereocenters. The van der Waals surface area contributed by atoms with Crippen molar-refractivity contribution in [2.24, 2.45) is 11.3 Å². The number of piperidine rings is 2. The summed E-state index contributed by atoms with van der Waals surface area (Å²) >= 11 is 0. The lowest BCUT2D eigenvalue weighted by molar-refractivity contribution is -0.153. The van der Waals surface area contributed by atoms with E-state index in [1.54, 1.807) is 0 Å². The second-order valence-corrected chi connectivity index (χ2v) is 6.65. The van der Waals surface area contributed by atoms with Crippen LogP contribution in [0.3, 0.4) is 0 Å². The van der Waals surface area contributed by atoms with Crippen LogP contribution < -0.4 is 0 Å². The Hall–Kier alpha value is -1.10. The van der Waals surface area contributed by atoms with Crippen LogP contribution in [0.15, 0.2) is 0 Å². The van der Waals surface area contributed by atoms with Gasteiger partial charge in [0.2, 0.25) is 11.8 Å². The molecule has 21 heavy (non-hydrogen) atoms. The first-order valence-electron chi connectivity index (χ1n) is 8.32. The van der Waals surface area contributed by atoms with Crippen LogP contribution in [0, 0.1) is 11.3 Å². The highest BCUT2D eigenvalue weighted by molar-refractivity contribution is 5.84. The molecule has 3 rings (SSSR count). The molecule has 0 saturated carbocycles. The Morgan fingerprint density at radius 2 is 2.05 bits per heavy atom. The van der Waals surface area contributed by atoms with Crippen LogP contribution >= 0.6 is 0 Å². The predicted octanol–water partition coefficient (Wildman–Crippen LogP) is 1.27. The molecule has 2 amide bonds. The molecule has 5 heteroatoms. The van der Waals surface area contributed by atoms with Crippen LogP contribution in [0.25, 0.3) is 0 Å². The molecule has 0 aromatic carbocycles. The first kappa shape index (κ1) is 14.8. The third-order valence-corrected chi connectivity index (χ3v) is 5.52. The summed E-state index contributed by atoms with van der Waals surface area (Å²) in [7, 11) is 0. The van der Waals surface area contributed by atoms with Crippen LogP contribution in [0.2, 0.25) is 0 Å². The molecule has 0 aromatic heterocycles. The van der Waals surface area contributed by atoms with Gasteiger partial charge in [0.15, 0.2) is 0 Å². The van der Waals surface area contributed by atoms with E-state index in [-0.39, 0.29) is 17.2 Å². The van der Waals surface area contributed by atoms with Gasteiger partial charge in [0.05, 0.1) is 17.9 Å². The van der Waals surface area contributed by atoms with E-state index in [4.69, 9.17) is 4.74 Å². The van der Waals surface area contributed by atoms with Gasteiger partial charge in [-0.1, -0.05) is 0 Å². The van der Waals surface area contributed by atoms with Crippen molar-refractivity contribution in [1.82, 2.24) is 9.80 Å². The molecule has 3 fully saturated rings. The number of carbonyl (C=O) groups is 2. The molecule has 1 spiro atoms. The number of hydrogen-bond donors (Lipinski definition) is 0. The van der Waals surface area contributed by atoms with E-state index in [0.29, 0.717) is 19.1 Å². The predicted molar refractivity (Wildman–Crippen MR) is 78.7 cm³/mol. The van der Waals surface area contributed by atoms with E-state index in [9.17, 15) is 9.59 Å². The maximum atomic E-state index is 12.7. The molecule has 3 heterocycles. The van der Waals surface area contributed by atoms with Crippen molar-refractivity contribution < 1.29 is 14.3 Å². The second-order valence-electron chi connectivity index (χ2n) is 6.65. The molecule has 0 bridgehead atoms. The number of amides is 2. The fraction of sp³-hybridized carbons (Fsp3) is 0.875. The quantitative estimate of drug-likeness (QED) is 0.771. The van der Waals surface area contributed by atoms with Gasteiger partial charge < -0.3 is 14.5 Å². The molecule has 0 N–H and O–H groups in total. The fourth-order valence-electron chi connectivity index (χ4n) is 4.06. The first-order chi connectivity index (χ1) is 10.2. The Kier molecular flexibility index (Phi) is 4.20. The lowest BCUT2D eigenvalue weighted by Gasteiger charge is -2.46. The Balaban J connectivity index is 1.61. The normalized spacial score (nSPS) is 29.2. The van der Waals surface area contributed by atoms with E-state index in [0.717, 1.165) is 58.3 Å². The van der Waals surface area contributed by atoms with Crippen molar-refractivity contribution in [3.05, 3.63) is 0 Å². The lowest BCUT2D eigenvalue weighted by Crippen LogP contribution is -2.54. The summed E-state index contributed by atoms with van der Waals surface area (Å²) in [4.78, 5) is 29.0. The molecule has 0 aliphatic carbocycles. The Morgan fingerprint density at radius 1 is 1.29 bits per heavy atom. The van der Waals surface area contributed by atoms with Crippen LogP contribution in [-0.2, 0) is 14.3 Å². The molecular formula is C16H26N2O3. The summed E-state index contributed by atoms with van der Waals surface area (Å²) in [6.07, 6.45) is 4.62. The largest absolute Gasteiger partial charge is 0.381 e. The third-order valence-electron chi connectivity index (χ3n) is 5.52. The average Bonchev–Trinajstić information content (AvgIpc) is 3.05. The van der Waals surface area contributed by atoms with Crippen LogP contribution in [-0.4, -0.2) is 61.0 Å². The summed E-state index contributed by atoms with van der Waals surface area (Å²) in [5, 5.41) is 0. The van der Waals surface area contributed by atoms with Crippen molar-refractivity contribution in [1.29, 1.82) is 0 Å². The van der Waals surface area contributed by atoms with Gasteiger partial charge in [-0.25, -0.2) is 0 Å². The zero-order valence-corrected chi connectivity index (χ0v) is 13.0. The zero-order chi connectivity index (χ0) is 14.9. The van der Waals surface area contributed by atoms with Gasteiger partial charge in [0, 0.05) is 32.8 Å².